The highest BCUT2D eigenvalue weighted by Crippen LogP contribution is 2.30. The number of carbonyl (C=O) groups excluding carboxylic acids is 2. The highest BCUT2D eigenvalue weighted by atomic mass is 32.1. The highest BCUT2D eigenvalue weighted by Gasteiger charge is 2.34. The van der Waals surface area contributed by atoms with Crippen molar-refractivity contribution in [3.05, 3.63) is 47.3 Å². The van der Waals surface area contributed by atoms with Gasteiger partial charge in [0.2, 0.25) is 5.91 Å². The highest BCUT2D eigenvalue weighted by molar-refractivity contribution is 7.14. The maximum Gasteiger partial charge on any atom is 0.322 e. The van der Waals surface area contributed by atoms with Crippen molar-refractivity contribution in [1.82, 2.24) is 4.90 Å². The van der Waals surface area contributed by atoms with Crippen LogP contribution in [-0.4, -0.2) is 36.5 Å². The molecule has 130 valence electrons. The molecule has 1 saturated heterocycles. The molecule has 1 aromatic carbocycles. The fraction of sp³-hybridized carbons (Fsp3) is 0.368. The smallest absolute Gasteiger partial charge is 0.322 e. The van der Waals surface area contributed by atoms with Crippen molar-refractivity contribution in [2.24, 2.45) is 5.92 Å². The van der Waals surface area contributed by atoms with Crippen LogP contribution in [0.3, 0.4) is 0 Å². The second kappa shape index (κ2) is 6.88. The van der Waals surface area contributed by atoms with Crippen LogP contribution in [0.2, 0.25) is 0 Å². The quantitative estimate of drug-likeness (QED) is 0.895. The van der Waals surface area contributed by atoms with Gasteiger partial charge in [-0.25, -0.2) is 4.79 Å². The molecule has 0 radical (unpaired) electrons. The Labute approximate surface area is 151 Å². The number of benzene rings is 1. The predicted octanol–water partition coefficient (Wildman–Crippen LogP) is 3.58. The zero-order valence-corrected chi connectivity index (χ0v) is 14.8. The first-order chi connectivity index (χ1) is 12.2. The average Bonchev–Trinajstić information content (AvgIpc) is 3.30. The maximum absolute atomic E-state index is 13.0. The molecule has 6 heteroatoms. The van der Waals surface area contributed by atoms with E-state index in [1.54, 1.807) is 4.90 Å². The van der Waals surface area contributed by atoms with Crippen molar-refractivity contribution in [2.75, 3.05) is 29.9 Å². The Morgan fingerprint density at radius 2 is 2.00 bits per heavy atom. The van der Waals surface area contributed by atoms with E-state index in [1.165, 1.54) is 16.9 Å². The topological polar surface area (TPSA) is 52.7 Å². The number of para-hydroxylation sites is 1. The van der Waals surface area contributed by atoms with Gasteiger partial charge in [0.15, 0.2) is 0 Å². The molecule has 2 aromatic rings. The second-order valence-electron chi connectivity index (χ2n) is 6.56. The largest absolute Gasteiger partial charge is 0.324 e. The molecule has 2 aliphatic rings. The Balaban J connectivity index is 1.43. The Kier molecular flexibility index (Phi) is 4.44. The van der Waals surface area contributed by atoms with Crippen molar-refractivity contribution in [3.8, 4) is 0 Å². The molecular weight excluding hydrogens is 334 g/mol. The second-order valence-corrected chi connectivity index (χ2v) is 7.51. The van der Waals surface area contributed by atoms with Crippen molar-refractivity contribution < 1.29 is 9.59 Å². The number of hydrogen-bond donors (Lipinski definition) is 1. The standard InChI is InChI=1S/C19H21N3O2S/c23-18(22-11-9-14-5-1-2-7-16(14)22)15-6-3-10-21(13-15)19(24)20-17-8-4-12-25-17/h1-2,4-5,7-8,12,15H,3,6,9-11,13H2,(H,20,24). The molecule has 25 heavy (non-hydrogen) atoms. The van der Waals surface area contributed by atoms with E-state index in [2.05, 4.69) is 11.4 Å². The minimum absolute atomic E-state index is 0.109. The SMILES string of the molecule is O=C(Nc1cccs1)N1CCCC(C(=O)N2CCc3ccccc32)C1. The van der Waals surface area contributed by atoms with Crippen LogP contribution in [0.25, 0.3) is 0 Å². The van der Waals surface area contributed by atoms with Gasteiger partial charge in [0.1, 0.15) is 0 Å². The molecule has 1 N–H and O–H groups in total. The number of urea groups is 1. The summed E-state index contributed by atoms with van der Waals surface area (Å²) in [7, 11) is 0. The summed E-state index contributed by atoms with van der Waals surface area (Å²) in [6.45, 7) is 1.95. The van der Waals surface area contributed by atoms with Crippen LogP contribution >= 0.6 is 11.3 Å². The number of fused-ring (bicyclic) bond motifs is 1. The summed E-state index contributed by atoms with van der Waals surface area (Å²) in [5, 5.41) is 5.69. The molecule has 1 unspecified atom stereocenters. The van der Waals surface area contributed by atoms with Gasteiger partial charge < -0.3 is 9.80 Å². The lowest BCUT2D eigenvalue weighted by molar-refractivity contribution is -0.123. The van der Waals surface area contributed by atoms with Crippen molar-refractivity contribution in [1.29, 1.82) is 0 Å². The molecule has 0 saturated carbocycles. The fourth-order valence-corrected chi connectivity index (χ4v) is 4.29. The van der Waals surface area contributed by atoms with E-state index in [0.29, 0.717) is 13.1 Å². The molecule has 5 nitrogen and oxygen atoms in total. The van der Waals surface area contributed by atoms with E-state index in [1.807, 2.05) is 40.6 Å². The molecular formula is C19H21N3O2S. The van der Waals surface area contributed by atoms with Gasteiger partial charge >= 0.3 is 6.03 Å². The van der Waals surface area contributed by atoms with Gasteiger partial charge in [0.25, 0.3) is 0 Å². The Morgan fingerprint density at radius 3 is 2.84 bits per heavy atom. The number of likely N-dealkylation sites (tertiary alicyclic amines) is 1. The molecule has 0 bridgehead atoms. The summed E-state index contributed by atoms with van der Waals surface area (Å²) in [5.41, 5.74) is 2.27. The lowest BCUT2D eigenvalue weighted by Crippen LogP contribution is -2.47. The lowest BCUT2D eigenvalue weighted by atomic mass is 9.96. The van der Waals surface area contributed by atoms with Gasteiger partial charge in [0, 0.05) is 25.3 Å². The Morgan fingerprint density at radius 1 is 1.12 bits per heavy atom. The number of amides is 3. The first-order valence-electron chi connectivity index (χ1n) is 8.71. The van der Waals surface area contributed by atoms with Gasteiger partial charge in [0.05, 0.1) is 10.9 Å². The van der Waals surface area contributed by atoms with E-state index in [4.69, 9.17) is 0 Å². The van der Waals surface area contributed by atoms with Crippen LogP contribution in [0, 0.1) is 5.92 Å². The molecule has 2 aliphatic heterocycles. The van der Waals surface area contributed by atoms with Crippen molar-refractivity contribution in [2.45, 2.75) is 19.3 Å². The zero-order valence-electron chi connectivity index (χ0n) is 14.0. The Bertz CT molecular complexity index is 775. The van der Waals surface area contributed by atoms with E-state index in [-0.39, 0.29) is 17.9 Å². The van der Waals surface area contributed by atoms with Crippen molar-refractivity contribution >= 4 is 34.0 Å². The van der Waals surface area contributed by atoms with E-state index >= 15 is 0 Å². The zero-order chi connectivity index (χ0) is 17.2. The minimum atomic E-state index is -0.117. The predicted molar refractivity (Wildman–Crippen MR) is 100 cm³/mol. The van der Waals surface area contributed by atoms with Crippen LogP contribution in [0.1, 0.15) is 18.4 Å². The fourth-order valence-electron chi connectivity index (χ4n) is 3.68. The van der Waals surface area contributed by atoms with Gasteiger partial charge in [-0.2, -0.15) is 0 Å². The number of nitrogens with one attached hydrogen (secondary N) is 1. The number of rotatable bonds is 2. The summed E-state index contributed by atoms with van der Waals surface area (Å²) >= 11 is 1.50. The van der Waals surface area contributed by atoms with Crippen LogP contribution < -0.4 is 10.2 Å². The molecule has 0 aliphatic carbocycles. The van der Waals surface area contributed by atoms with Gasteiger partial charge in [-0.1, -0.05) is 18.2 Å². The molecule has 4 rings (SSSR count). The van der Waals surface area contributed by atoms with E-state index in [0.717, 1.165) is 36.5 Å². The van der Waals surface area contributed by atoms with Crippen LogP contribution in [-0.2, 0) is 11.2 Å². The number of anilines is 2. The number of thiophene rings is 1. The minimum Gasteiger partial charge on any atom is -0.324 e. The number of hydrogen-bond acceptors (Lipinski definition) is 3. The van der Waals surface area contributed by atoms with Crippen LogP contribution in [0.4, 0.5) is 15.5 Å². The average molecular weight is 355 g/mol. The van der Waals surface area contributed by atoms with Gasteiger partial charge in [-0.05, 0) is 48.4 Å². The van der Waals surface area contributed by atoms with E-state index in [9.17, 15) is 9.59 Å². The summed E-state index contributed by atoms with van der Waals surface area (Å²) in [4.78, 5) is 29.1. The monoisotopic (exact) mass is 355 g/mol. The molecule has 1 atom stereocenters. The molecule has 0 spiro atoms. The summed E-state index contributed by atoms with van der Waals surface area (Å²) in [6, 6.07) is 11.8. The summed E-state index contributed by atoms with van der Waals surface area (Å²) in [6.07, 6.45) is 2.63. The lowest BCUT2D eigenvalue weighted by Gasteiger charge is -2.34. The molecule has 3 amide bonds. The molecule has 3 heterocycles. The third-order valence-electron chi connectivity index (χ3n) is 4.96. The first kappa shape index (κ1) is 16.1. The van der Waals surface area contributed by atoms with E-state index < -0.39 is 0 Å². The van der Waals surface area contributed by atoms with Gasteiger partial charge in [-0.3, -0.25) is 10.1 Å². The molecule has 1 fully saturated rings. The number of nitrogens with zero attached hydrogens (tertiary/aromatic N) is 2. The third kappa shape index (κ3) is 3.26. The maximum atomic E-state index is 13.0. The number of piperidine rings is 1. The summed E-state index contributed by atoms with van der Waals surface area (Å²) in [5.74, 6) is 0.0348. The van der Waals surface area contributed by atoms with Crippen molar-refractivity contribution in [3.63, 3.8) is 0 Å². The normalized spacial score (nSPS) is 19.6. The third-order valence-corrected chi connectivity index (χ3v) is 5.75. The van der Waals surface area contributed by atoms with Crippen LogP contribution in [0.15, 0.2) is 41.8 Å². The number of carbonyl (C=O) groups is 2. The first-order valence-corrected chi connectivity index (χ1v) is 9.59. The summed E-state index contributed by atoms with van der Waals surface area (Å²) < 4.78 is 0. The van der Waals surface area contributed by atoms with Gasteiger partial charge in [-0.15, -0.1) is 11.3 Å². The molecule has 1 aromatic heterocycles. The Hall–Kier alpha value is -2.34. The van der Waals surface area contributed by atoms with Crippen LogP contribution in [0.5, 0.6) is 0 Å².